The van der Waals surface area contributed by atoms with Crippen molar-refractivity contribution in [3.63, 3.8) is 0 Å². The van der Waals surface area contributed by atoms with Crippen LogP contribution < -0.4 is 0 Å². The molecule has 2 heterocycles. The number of aromatic nitrogens is 1. The van der Waals surface area contributed by atoms with Crippen molar-refractivity contribution >= 4 is 33.4 Å². The summed E-state index contributed by atoms with van der Waals surface area (Å²) in [6.07, 6.45) is 6.94. The van der Waals surface area contributed by atoms with E-state index in [0.29, 0.717) is 5.56 Å². The summed E-state index contributed by atoms with van der Waals surface area (Å²) in [6.45, 7) is 3.49. The van der Waals surface area contributed by atoms with Crippen molar-refractivity contribution < 1.29 is 4.79 Å². The fourth-order valence-corrected chi connectivity index (χ4v) is 3.82. The molecule has 0 bridgehead atoms. The number of hydrogen-bond donors (Lipinski definition) is 0. The van der Waals surface area contributed by atoms with Gasteiger partial charge in [0, 0.05) is 42.9 Å². The Bertz CT molecular complexity index is 526. The second-order valence-electron chi connectivity index (χ2n) is 5.76. The van der Waals surface area contributed by atoms with E-state index in [1.165, 1.54) is 25.7 Å². The van der Waals surface area contributed by atoms with Crippen molar-refractivity contribution in [3.05, 3.63) is 27.5 Å². The molecular weight excluding hydrogens is 354 g/mol. The third-order valence-corrected chi connectivity index (χ3v) is 5.21. The summed E-state index contributed by atoms with van der Waals surface area (Å²) in [4.78, 5) is 21.0. The van der Waals surface area contributed by atoms with E-state index < -0.39 is 0 Å². The molecule has 3 rings (SSSR count). The van der Waals surface area contributed by atoms with Crippen LogP contribution in [0.5, 0.6) is 0 Å². The zero-order valence-corrected chi connectivity index (χ0v) is 14.2. The number of nitrogens with zero attached hydrogens (tertiary/aromatic N) is 3. The van der Waals surface area contributed by atoms with Gasteiger partial charge in [-0.3, -0.25) is 9.69 Å². The van der Waals surface area contributed by atoms with E-state index >= 15 is 0 Å². The lowest BCUT2D eigenvalue weighted by Crippen LogP contribution is -2.51. The first kappa shape index (κ1) is 15.3. The highest BCUT2D eigenvalue weighted by Crippen LogP contribution is 2.25. The van der Waals surface area contributed by atoms with E-state index in [9.17, 15) is 4.79 Å². The van der Waals surface area contributed by atoms with Crippen molar-refractivity contribution in [2.24, 2.45) is 0 Å². The molecule has 2 aliphatic rings. The van der Waals surface area contributed by atoms with Crippen molar-refractivity contribution in [2.75, 3.05) is 26.2 Å². The van der Waals surface area contributed by atoms with Crippen LogP contribution in [0, 0.1) is 0 Å². The molecule has 0 unspecified atom stereocenters. The minimum Gasteiger partial charge on any atom is -0.336 e. The number of hydrogen-bond acceptors (Lipinski definition) is 3. The maximum Gasteiger partial charge on any atom is 0.257 e. The molecule has 2 fully saturated rings. The minimum absolute atomic E-state index is 0.0140. The van der Waals surface area contributed by atoms with E-state index in [-0.39, 0.29) is 11.1 Å². The molecule has 1 aliphatic carbocycles. The Labute approximate surface area is 138 Å². The summed E-state index contributed by atoms with van der Waals surface area (Å²) in [6, 6.07) is 2.49. The summed E-state index contributed by atoms with van der Waals surface area (Å²) < 4.78 is 0.778. The van der Waals surface area contributed by atoms with E-state index in [1.54, 1.807) is 12.3 Å². The number of piperazine rings is 1. The van der Waals surface area contributed by atoms with Crippen LogP contribution in [0.25, 0.3) is 0 Å². The first-order chi connectivity index (χ1) is 10.1. The highest BCUT2D eigenvalue weighted by atomic mass is 79.9. The van der Waals surface area contributed by atoms with Crippen LogP contribution in [0.3, 0.4) is 0 Å². The molecule has 1 aliphatic heterocycles. The average Bonchev–Trinajstić information content (AvgIpc) is 3.03. The van der Waals surface area contributed by atoms with Crippen molar-refractivity contribution in [3.8, 4) is 0 Å². The van der Waals surface area contributed by atoms with Crippen LogP contribution in [0.15, 0.2) is 16.7 Å². The summed E-state index contributed by atoms with van der Waals surface area (Å²) >= 11 is 9.40. The maximum absolute atomic E-state index is 12.6. The van der Waals surface area contributed by atoms with Crippen molar-refractivity contribution in [1.82, 2.24) is 14.8 Å². The lowest BCUT2D eigenvalue weighted by molar-refractivity contribution is 0.0573. The van der Waals surface area contributed by atoms with Crippen molar-refractivity contribution in [1.29, 1.82) is 0 Å². The molecule has 21 heavy (non-hydrogen) atoms. The van der Waals surface area contributed by atoms with Gasteiger partial charge in [0.15, 0.2) is 0 Å². The number of amides is 1. The Balaban J connectivity index is 1.63. The average molecular weight is 373 g/mol. The Hall–Kier alpha value is -0.650. The number of rotatable bonds is 2. The molecule has 0 spiro atoms. The van der Waals surface area contributed by atoms with Gasteiger partial charge in [-0.15, -0.1) is 0 Å². The molecule has 0 radical (unpaired) electrons. The fourth-order valence-electron chi connectivity index (χ4n) is 3.30. The Morgan fingerprint density at radius 2 is 1.90 bits per heavy atom. The third-order valence-electron chi connectivity index (χ3n) is 4.48. The molecule has 4 nitrogen and oxygen atoms in total. The Morgan fingerprint density at radius 1 is 1.24 bits per heavy atom. The Morgan fingerprint density at radius 3 is 2.57 bits per heavy atom. The van der Waals surface area contributed by atoms with Crippen LogP contribution in [0.4, 0.5) is 0 Å². The van der Waals surface area contributed by atoms with Gasteiger partial charge in [-0.05, 0) is 34.8 Å². The highest BCUT2D eigenvalue weighted by molar-refractivity contribution is 9.10. The SMILES string of the molecule is O=C(c1cc(Br)cnc1Cl)N1CCN(C2CCCC2)CC1. The lowest BCUT2D eigenvalue weighted by atomic mass is 10.1. The van der Waals surface area contributed by atoms with E-state index in [2.05, 4.69) is 25.8 Å². The number of carbonyl (C=O) groups excluding carboxylic acids is 1. The maximum atomic E-state index is 12.6. The molecule has 1 amide bonds. The van der Waals surface area contributed by atoms with Gasteiger partial charge in [0.25, 0.3) is 5.91 Å². The molecule has 1 aromatic rings. The molecule has 6 heteroatoms. The zero-order chi connectivity index (χ0) is 14.8. The number of halogens is 2. The van der Waals surface area contributed by atoms with Crippen LogP contribution in [0.1, 0.15) is 36.0 Å². The normalized spacial score (nSPS) is 21.0. The molecule has 0 N–H and O–H groups in total. The molecule has 0 atom stereocenters. The van der Waals surface area contributed by atoms with Gasteiger partial charge in [0.1, 0.15) is 5.15 Å². The highest BCUT2D eigenvalue weighted by Gasteiger charge is 2.29. The third kappa shape index (κ3) is 3.41. The molecule has 0 aromatic carbocycles. The second-order valence-corrected chi connectivity index (χ2v) is 7.03. The first-order valence-corrected chi connectivity index (χ1v) is 8.66. The van der Waals surface area contributed by atoms with Gasteiger partial charge in [0.05, 0.1) is 5.56 Å². The standard InChI is InChI=1S/C15H19BrClN3O/c16-11-9-13(14(17)18-10-11)15(21)20-7-5-19(6-8-20)12-3-1-2-4-12/h9-10,12H,1-8H2. The van der Waals surface area contributed by atoms with Crippen LogP contribution in [-0.4, -0.2) is 52.9 Å². The minimum atomic E-state index is -0.0140. The first-order valence-electron chi connectivity index (χ1n) is 7.49. The quantitative estimate of drug-likeness (QED) is 0.748. The van der Waals surface area contributed by atoms with Gasteiger partial charge >= 0.3 is 0 Å². The Kier molecular flexibility index (Phi) is 4.82. The van der Waals surface area contributed by atoms with Crippen molar-refractivity contribution in [2.45, 2.75) is 31.7 Å². The summed E-state index contributed by atoms with van der Waals surface area (Å²) in [5, 5.41) is 0.279. The number of pyridine rings is 1. The molecule has 114 valence electrons. The van der Waals surface area contributed by atoms with E-state index in [1.807, 2.05) is 4.90 Å². The van der Waals surface area contributed by atoms with Gasteiger partial charge < -0.3 is 4.90 Å². The smallest absolute Gasteiger partial charge is 0.257 e. The van der Waals surface area contributed by atoms with E-state index in [0.717, 1.165) is 36.7 Å². The predicted octanol–water partition coefficient (Wildman–Crippen LogP) is 3.20. The molecular formula is C15H19BrClN3O. The van der Waals surface area contributed by atoms with Gasteiger partial charge in [-0.2, -0.15) is 0 Å². The largest absolute Gasteiger partial charge is 0.336 e. The number of carbonyl (C=O) groups is 1. The molecule has 1 saturated heterocycles. The summed E-state index contributed by atoms with van der Waals surface area (Å²) in [5.41, 5.74) is 0.486. The van der Waals surface area contributed by atoms with Crippen LogP contribution in [-0.2, 0) is 0 Å². The zero-order valence-electron chi connectivity index (χ0n) is 11.9. The van der Waals surface area contributed by atoms with Gasteiger partial charge in [-0.25, -0.2) is 4.98 Å². The van der Waals surface area contributed by atoms with Gasteiger partial charge in [0.2, 0.25) is 0 Å². The van der Waals surface area contributed by atoms with Gasteiger partial charge in [-0.1, -0.05) is 24.4 Å². The lowest BCUT2D eigenvalue weighted by Gasteiger charge is -2.38. The van der Waals surface area contributed by atoms with Crippen LogP contribution >= 0.6 is 27.5 Å². The monoisotopic (exact) mass is 371 g/mol. The summed E-state index contributed by atoms with van der Waals surface area (Å²) in [7, 11) is 0. The second kappa shape index (κ2) is 6.63. The fraction of sp³-hybridized carbons (Fsp3) is 0.600. The topological polar surface area (TPSA) is 36.4 Å². The summed E-state index contributed by atoms with van der Waals surface area (Å²) in [5.74, 6) is -0.0140. The molecule has 1 saturated carbocycles. The predicted molar refractivity (Wildman–Crippen MR) is 86.7 cm³/mol. The molecule has 1 aromatic heterocycles. The van der Waals surface area contributed by atoms with E-state index in [4.69, 9.17) is 11.6 Å². The van der Waals surface area contributed by atoms with Crippen LogP contribution in [0.2, 0.25) is 5.15 Å².